The normalized spacial score (nSPS) is 10.5. The van der Waals surface area contributed by atoms with Gasteiger partial charge in [-0.25, -0.2) is 4.68 Å². The van der Waals surface area contributed by atoms with E-state index in [4.69, 9.17) is 10.5 Å². The van der Waals surface area contributed by atoms with Gasteiger partial charge in [-0.15, -0.1) is 0 Å². The van der Waals surface area contributed by atoms with E-state index in [9.17, 15) is 4.79 Å². The SMILES string of the molecule is Cc1ccc(OCC(N)=O)c(-n2ccc(-c3cccnc3)n2)c1. The topological polar surface area (TPSA) is 83.0 Å². The Bertz CT molecular complexity index is 828. The number of aromatic nitrogens is 3. The number of nitrogens with zero attached hydrogens (tertiary/aromatic N) is 3. The number of rotatable bonds is 5. The molecule has 2 heterocycles. The number of nitrogens with two attached hydrogens (primary N) is 1. The van der Waals surface area contributed by atoms with Crippen LogP contribution in [0.4, 0.5) is 0 Å². The van der Waals surface area contributed by atoms with Gasteiger partial charge in [0.1, 0.15) is 11.4 Å². The summed E-state index contributed by atoms with van der Waals surface area (Å²) in [6.07, 6.45) is 5.32. The van der Waals surface area contributed by atoms with Crippen molar-refractivity contribution in [3.05, 3.63) is 60.6 Å². The van der Waals surface area contributed by atoms with Crippen LogP contribution in [0.1, 0.15) is 5.56 Å². The maximum atomic E-state index is 10.9. The van der Waals surface area contributed by atoms with Crippen molar-refractivity contribution in [1.82, 2.24) is 14.8 Å². The lowest BCUT2D eigenvalue weighted by atomic mass is 10.2. The fraction of sp³-hybridized carbons (Fsp3) is 0.118. The highest BCUT2D eigenvalue weighted by molar-refractivity contribution is 5.75. The zero-order chi connectivity index (χ0) is 16.2. The van der Waals surface area contributed by atoms with Gasteiger partial charge in [0, 0.05) is 24.2 Å². The van der Waals surface area contributed by atoms with E-state index in [2.05, 4.69) is 10.1 Å². The van der Waals surface area contributed by atoms with Crippen molar-refractivity contribution in [2.75, 3.05) is 6.61 Å². The van der Waals surface area contributed by atoms with E-state index in [-0.39, 0.29) is 6.61 Å². The number of benzene rings is 1. The maximum Gasteiger partial charge on any atom is 0.255 e. The van der Waals surface area contributed by atoms with E-state index in [1.165, 1.54) is 0 Å². The van der Waals surface area contributed by atoms with Gasteiger partial charge in [-0.2, -0.15) is 5.10 Å². The van der Waals surface area contributed by atoms with E-state index in [0.29, 0.717) is 5.75 Å². The van der Waals surface area contributed by atoms with Gasteiger partial charge >= 0.3 is 0 Å². The first kappa shape index (κ1) is 14.8. The summed E-state index contributed by atoms with van der Waals surface area (Å²) in [7, 11) is 0. The van der Waals surface area contributed by atoms with E-state index in [1.807, 2.05) is 43.5 Å². The van der Waals surface area contributed by atoms with Gasteiger partial charge in [0.05, 0.1) is 5.69 Å². The highest BCUT2D eigenvalue weighted by Gasteiger charge is 2.10. The monoisotopic (exact) mass is 308 g/mol. The molecule has 0 bridgehead atoms. The van der Waals surface area contributed by atoms with Gasteiger partial charge in [0.15, 0.2) is 6.61 Å². The predicted octanol–water partition coefficient (Wildman–Crippen LogP) is 2.11. The molecule has 0 aliphatic heterocycles. The molecule has 1 amide bonds. The molecule has 23 heavy (non-hydrogen) atoms. The van der Waals surface area contributed by atoms with Gasteiger partial charge < -0.3 is 10.5 Å². The van der Waals surface area contributed by atoms with Crippen molar-refractivity contribution in [2.45, 2.75) is 6.92 Å². The van der Waals surface area contributed by atoms with Crippen LogP contribution in [-0.2, 0) is 4.79 Å². The lowest BCUT2D eigenvalue weighted by Crippen LogP contribution is -2.20. The minimum Gasteiger partial charge on any atom is -0.482 e. The molecule has 0 saturated heterocycles. The summed E-state index contributed by atoms with van der Waals surface area (Å²) < 4.78 is 7.19. The summed E-state index contributed by atoms with van der Waals surface area (Å²) in [6, 6.07) is 11.4. The zero-order valence-electron chi connectivity index (χ0n) is 12.6. The largest absolute Gasteiger partial charge is 0.482 e. The first-order valence-corrected chi connectivity index (χ1v) is 7.12. The molecule has 2 aromatic heterocycles. The van der Waals surface area contributed by atoms with Crippen molar-refractivity contribution in [1.29, 1.82) is 0 Å². The highest BCUT2D eigenvalue weighted by Crippen LogP contribution is 2.25. The van der Waals surface area contributed by atoms with Crippen molar-refractivity contribution in [2.24, 2.45) is 5.73 Å². The first-order valence-electron chi connectivity index (χ1n) is 7.12. The Morgan fingerprint density at radius 2 is 2.17 bits per heavy atom. The zero-order valence-corrected chi connectivity index (χ0v) is 12.6. The molecule has 0 saturated carbocycles. The molecule has 0 fully saturated rings. The third kappa shape index (κ3) is 3.37. The molecule has 3 aromatic rings. The average molecular weight is 308 g/mol. The standard InChI is InChI=1S/C17H16N4O2/c1-12-4-5-16(23-11-17(18)22)15(9-12)21-8-6-14(20-21)13-3-2-7-19-10-13/h2-10H,11H2,1H3,(H2,18,22). The summed E-state index contributed by atoms with van der Waals surface area (Å²) in [5, 5.41) is 4.56. The van der Waals surface area contributed by atoms with Crippen molar-refractivity contribution in [3.8, 4) is 22.7 Å². The van der Waals surface area contributed by atoms with E-state index >= 15 is 0 Å². The van der Waals surface area contributed by atoms with Crippen molar-refractivity contribution >= 4 is 5.91 Å². The van der Waals surface area contributed by atoms with Gasteiger partial charge in [0.25, 0.3) is 5.91 Å². The van der Waals surface area contributed by atoms with E-state index in [1.54, 1.807) is 23.1 Å². The quantitative estimate of drug-likeness (QED) is 0.782. The minimum absolute atomic E-state index is 0.174. The van der Waals surface area contributed by atoms with Crippen molar-refractivity contribution in [3.63, 3.8) is 0 Å². The van der Waals surface area contributed by atoms with Crippen LogP contribution in [0.15, 0.2) is 55.0 Å². The Morgan fingerprint density at radius 3 is 2.91 bits per heavy atom. The molecule has 116 valence electrons. The minimum atomic E-state index is -0.520. The Labute approximate surface area is 133 Å². The number of ether oxygens (including phenoxy) is 1. The van der Waals surface area contributed by atoms with E-state index in [0.717, 1.165) is 22.5 Å². The molecule has 0 aliphatic carbocycles. The van der Waals surface area contributed by atoms with Crippen LogP contribution in [0, 0.1) is 6.92 Å². The predicted molar refractivity (Wildman–Crippen MR) is 86.2 cm³/mol. The second-order valence-corrected chi connectivity index (χ2v) is 5.11. The highest BCUT2D eigenvalue weighted by atomic mass is 16.5. The molecule has 0 radical (unpaired) electrons. The number of hydrogen-bond acceptors (Lipinski definition) is 4. The fourth-order valence-electron chi connectivity index (χ4n) is 2.20. The van der Waals surface area contributed by atoms with Crippen LogP contribution in [0.25, 0.3) is 16.9 Å². The summed E-state index contributed by atoms with van der Waals surface area (Å²) in [6.45, 7) is 1.81. The van der Waals surface area contributed by atoms with Crippen LogP contribution in [0.3, 0.4) is 0 Å². The fourth-order valence-corrected chi connectivity index (χ4v) is 2.20. The summed E-state index contributed by atoms with van der Waals surface area (Å²) in [5.74, 6) is 0.0308. The molecule has 6 heteroatoms. The molecule has 0 spiro atoms. The van der Waals surface area contributed by atoms with Crippen molar-refractivity contribution < 1.29 is 9.53 Å². The van der Waals surface area contributed by atoms with Gasteiger partial charge in [-0.3, -0.25) is 9.78 Å². The van der Waals surface area contributed by atoms with Gasteiger partial charge in [-0.1, -0.05) is 6.07 Å². The van der Waals surface area contributed by atoms with Crippen LogP contribution >= 0.6 is 0 Å². The number of primary amides is 1. The number of aryl methyl sites for hydroxylation is 1. The molecule has 3 rings (SSSR count). The number of hydrogen-bond donors (Lipinski definition) is 1. The number of pyridine rings is 1. The smallest absolute Gasteiger partial charge is 0.255 e. The summed E-state index contributed by atoms with van der Waals surface area (Å²) in [5.41, 5.74) is 8.69. The third-order valence-electron chi connectivity index (χ3n) is 3.28. The van der Waals surface area contributed by atoms with Crippen LogP contribution in [0.2, 0.25) is 0 Å². The summed E-state index contributed by atoms with van der Waals surface area (Å²) >= 11 is 0. The van der Waals surface area contributed by atoms with Gasteiger partial charge in [-0.05, 0) is 42.8 Å². The Hall–Kier alpha value is -3.15. The Morgan fingerprint density at radius 1 is 1.30 bits per heavy atom. The summed E-state index contributed by atoms with van der Waals surface area (Å²) in [4.78, 5) is 15.0. The third-order valence-corrected chi connectivity index (χ3v) is 3.28. The lowest BCUT2D eigenvalue weighted by Gasteiger charge is -2.11. The Kier molecular flexibility index (Phi) is 4.05. The first-order chi connectivity index (χ1) is 11.1. The van der Waals surface area contributed by atoms with Crippen LogP contribution in [-0.4, -0.2) is 27.3 Å². The lowest BCUT2D eigenvalue weighted by molar-refractivity contribution is -0.119. The molecule has 0 atom stereocenters. The molecular weight excluding hydrogens is 292 g/mol. The van der Waals surface area contributed by atoms with Crippen LogP contribution < -0.4 is 10.5 Å². The second-order valence-electron chi connectivity index (χ2n) is 5.11. The number of amides is 1. The number of carbonyl (C=O) groups excluding carboxylic acids is 1. The average Bonchev–Trinajstić information content (AvgIpc) is 3.04. The molecule has 0 aliphatic rings. The molecular formula is C17H16N4O2. The Balaban J connectivity index is 1.96. The van der Waals surface area contributed by atoms with Crippen LogP contribution in [0.5, 0.6) is 5.75 Å². The molecule has 1 aromatic carbocycles. The second kappa shape index (κ2) is 6.31. The molecule has 0 unspecified atom stereocenters. The van der Waals surface area contributed by atoms with E-state index < -0.39 is 5.91 Å². The molecule has 2 N–H and O–H groups in total. The number of carbonyl (C=O) groups is 1. The van der Waals surface area contributed by atoms with Gasteiger partial charge in [0.2, 0.25) is 0 Å². The molecule has 6 nitrogen and oxygen atoms in total. The maximum absolute atomic E-state index is 10.9.